The molecule has 1 amide bonds. The minimum absolute atomic E-state index is 0.0931. The molecule has 5 nitrogen and oxygen atoms in total. The Hall–Kier alpha value is -1.85. The zero-order valence-corrected chi connectivity index (χ0v) is 13.3. The number of rotatable bonds is 6. The number of ketones is 1. The van der Waals surface area contributed by atoms with Crippen LogP contribution in [-0.4, -0.2) is 42.0 Å². The number of aliphatic hydroxyl groups is 1. The van der Waals surface area contributed by atoms with Gasteiger partial charge in [0.25, 0.3) is 5.91 Å². The molecule has 1 aromatic rings. The summed E-state index contributed by atoms with van der Waals surface area (Å²) >= 11 is 6.22. The summed E-state index contributed by atoms with van der Waals surface area (Å²) in [5.74, 6) is -1.38. The van der Waals surface area contributed by atoms with Gasteiger partial charge in [-0.2, -0.15) is 0 Å². The fraction of sp³-hybridized carbons (Fsp3) is 0.375. The van der Waals surface area contributed by atoms with Gasteiger partial charge >= 0.3 is 0 Å². The first-order valence-electron chi connectivity index (χ1n) is 6.97. The van der Waals surface area contributed by atoms with E-state index in [1.807, 2.05) is 0 Å². The van der Waals surface area contributed by atoms with Gasteiger partial charge < -0.3 is 14.7 Å². The van der Waals surface area contributed by atoms with Crippen LogP contribution < -0.4 is 0 Å². The molecule has 2 rings (SSSR count). The van der Waals surface area contributed by atoms with Crippen LogP contribution in [0.1, 0.15) is 24.9 Å². The van der Waals surface area contributed by atoms with Crippen molar-refractivity contribution in [1.29, 1.82) is 0 Å². The highest BCUT2D eigenvalue weighted by Gasteiger charge is 2.42. The number of ether oxygens (including phenoxy) is 1. The van der Waals surface area contributed by atoms with Crippen LogP contribution >= 0.6 is 11.6 Å². The number of benzene rings is 1. The van der Waals surface area contributed by atoms with Gasteiger partial charge in [0, 0.05) is 25.3 Å². The van der Waals surface area contributed by atoms with Crippen molar-refractivity contribution in [2.45, 2.75) is 19.4 Å². The summed E-state index contributed by atoms with van der Waals surface area (Å²) in [7, 11) is 1.58. The maximum absolute atomic E-state index is 12.3. The molecule has 0 spiro atoms. The van der Waals surface area contributed by atoms with E-state index in [2.05, 4.69) is 0 Å². The smallest absolute Gasteiger partial charge is 0.290 e. The predicted octanol–water partition coefficient (Wildman–Crippen LogP) is 2.66. The highest BCUT2D eigenvalue weighted by Crippen LogP contribution is 2.40. The average Bonchev–Trinajstić information content (AvgIpc) is 2.73. The van der Waals surface area contributed by atoms with Crippen LogP contribution in [0.3, 0.4) is 0 Å². The summed E-state index contributed by atoms with van der Waals surface area (Å²) in [4.78, 5) is 25.7. The van der Waals surface area contributed by atoms with Crippen LogP contribution in [0.4, 0.5) is 0 Å². The molecule has 0 aliphatic carbocycles. The Morgan fingerprint density at radius 3 is 2.68 bits per heavy atom. The third-order valence-electron chi connectivity index (χ3n) is 3.63. The summed E-state index contributed by atoms with van der Waals surface area (Å²) in [5.41, 5.74) is 0.722. The van der Waals surface area contributed by atoms with E-state index in [9.17, 15) is 14.7 Å². The number of amides is 1. The fourth-order valence-corrected chi connectivity index (χ4v) is 2.88. The molecular weight excluding hydrogens is 306 g/mol. The topological polar surface area (TPSA) is 66.8 Å². The summed E-state index contributed by atoms with van der Waals surface area (Å²) in [5, 5.41) is 10.5. The molecule has 1 aromatic carbocycles. The summed E-state index contributed by atoms with van der Waals surface area (Å²) < 4.78 is 5.00. The molecule has 1 aliphatic heterocycles. The second-order valence-electron chi connectivity index (χ2n) is 5.09. The van der Waals surface area contributed by atoms with Gasteiger partial charge in [-0.05, 0) is 25.0 Å². The molecule has 1 atom stereocenters. The lowest BCUT2D eigenvalue weighted by atomic mass is 9.96. The zero-order valence-electron chi connectivity index (χ0n) is 12.5. The second-order valence-corrected chi connectivity index (χ2v) is 5.49. The minimum atomic E-state index is -0.657. The first-order valence-corrected chi connectivity index (χ1v) is 7.35. The minimum Gasteiger partial charge on any atom is -0.503 e. The number of hydrogen-bond acceptors (Lipinski definition) is 4. The van der Waals surface area contributed by atoms with Crippen molar-refractivity contribution in [3.63, 3.8) is 0 Å². The van der Waals surface area contributed by atoms with Crippen LogP contribution in [0.5, 0.6) is 0 Å². The number of methoxy groups -OCH3 is 1. The lowest BCUT2D eigenvalue weighted by Gasteiger charge is -2.27. The molecule has 0 radical (unpaired) electrons. The van der Waals surface area contributed by atoms with Gasteiger partial charge in [0.05, 0.1) is 11.6 Å². The standard InChI is InChI=1S/C16H18ClNO4/c1-10(19)13-14(11-6-3-4-7-12(11)17)18(8-5-9-22-2)16(21)15(13)20/h3-4,6-7,14,20H,5,8-9H2,1-2H3/t14-/m1/s1. The number of nitrogens with zero attached hydrogens (tertiary/aromatic N) is 1. The van der Waals surface area contributed by atoms with Gasteiger partial charge in [0.1, 0.15) is 0 Å². The van der Waals surface area contributed by atoms with Crippen LogP contribution in [0.2, 0.25) is 5.02 Å². The molecular formula is C16H18ClNO4. The maximum atomic E-state index is 12.3. The molecule has 118 valence electrons. The van der Waals surface area contributed by atoms with Gasteiger partial charge in [-0.1, -0.05) is 29.8 Å². The van der Waals surface area contributed by atoms with Gasteiger partial charge in [0.15, 0.2) is 11.5 Å². The third kappa shape index (κ3) is 3.00. The predicted molar refractivity (Wildman–Crippen MR) is 82.7 cm³/mol. The van der Waals surface area contributed by atoms with Crippen LogP contribution in [0.15, 0.2) is 35.6 Å². The Labute approximate surface area is 134 Å². The fourth-order valence-electron chi connectivity index (χ4n) is 2.64. The Morgan fingerprint density at radius 1 is 1.41 bits per heavy atom. The van der Waals surface area contributed by atoms with Crippen molar-refractivity contribution in [2.24, 2.45) is 0 Å². The van der Waals surface area contributed by atoms with E-state index in [0.29, 0.717) is 30.2 Å². The normalized spacial score (nSPS) is 18.2. The lowest BCUT2D eigenvalue weighted by Crippen LogP contribution is -2.32. The molecule has 1 aliphatic rings. The van der Waals surface area contributed by atoms with Gasteiger partial charge in [-0.3, -0.25) is 9.59 Å². The number of aliphatic hydroxyl groups excluding tert-OH is 1. The van der Waals surface area contributed by atoms with E-state index in [0.717, 1.165) is 0 Å². The largest absolute Gasteiger partial charge is 0.503 e. The van der Waals surface area contributed by atoms with Crippen molar-refractivity contribution >= 4 is 23.3 Å². The van der Waals surface area contributed by atoms with Crippen molar-refractivity contribution in [3.05, 3.63) is 46.2 Å². The number of halogens is 1. The quantitative estimate of drug-likeness (QED) is 0.817. The van der Waals surface area contributed by atoms with E-state index < -0.39 is 17.7 Å². The van der Waals surface area contributed by atoms with Crippen LogP contribution in [0.25, 0.3) is 0 Å². The Bertz CT molecular complexity index is 626. The molecule has 1 N–H and O–H groups in total. The van der Waals surface area contributed by atoms with Crippen molar-refractivity contribution in [2.75, 3.05) is 20.3 Å². The van der Waals surface area contributed by atoms with Gasteiger partial charge in [-0.15, -0.1) is 0 Å². The van der Waals surface area contributed by atoms with Gasteiger partial charge in [0.2, 0.25) is 0 Å². The highest BCUT2D eigenvalue weighted by molar-refractivity contribution is 6.31. The number of hydrogen-bond donors (Lipinski definition) is 1. The Balaban J connectivity index is 2.44. The zero-order chi connectivity index (χ0) is 16.3. The summed E-state index contributed by atoms with van der Waals surface area (Å²) in [6.07, 6.45) is 0.599. The van der Waals surface area contributed by atoms with Crippen LogP contribution in [-0.2, 0) is 14.3 Å². The van der Waals surface area contributed by atoms with E-state index in [4.69, 9.17) is 16.3 Å². The van der Waals surface area contributed by atoms with Crippen LogP contribution in [0, 0.1) is 0 Å². The molecule has 22 heavy (non-hydrogen) atoms. The monoisotopic (exact) mass is 323 g/mol. The number of carbonyl (C=O) groups is 2. The average molecular weight is 324 g/mol. The lowest BCUT2D eigenvalue weighted by molar-refractivity contribution is -0.129. The van der Waals surface area contributed by atoms with Crippen molar-refractivity contribution < 1.29 is 19.4 Å². The molecule has 0 aromatic heterocycles. The van der Waals surface area contributed by atoms with E-state index in [1.165, 1.54) is 11.8 Å². The SMILES string of the molecule is COCCCN1C(=O)C(O)=C(C(C)=O)[C@H]1c1ccccc1Cl. The molecule has 1 heterocycles. The Kier molecular flexibility index (Phi) is 5.21. The van der Waals surface area contributed by atoms with Crippen molar-refractivity contribution in [3.8, 4) is 0 Å². The highest BCUT2D eigenvalue weighted by atomic mass is 35.5. The van der Waals surface area contributed by atoms with Crippen molar-refractivity contribution in [1.82, 2.24) is 4.90 Å². The molecule has 0 unspecified atom stereocenters. The Morgan fingerprint density at radius 2 is 2.09 bits per heavy atom. The third-order valence-corrected chi connectivity index (χ3v) is 3.97. The summed E-state index contributed by atoms with van der Waals surface area (Å²) in [6, 6.07) is 6.35. The first kappa shape index (κ1) is 16.5. The number of carbonyl (C=O) groups excluding carboxylic acids is 2. The van der Waals surface area contributed by atoms with E-state index in [1.54, 1.807) is 31.4 Å². The molecule has 0 bridgehead atoms. The maximum Gasteiger partial charge on any atom is 0.290 e. The van der Waals surface area contributed by atoms with Gasteiger partial charge in [-0.25, -0.2) is 0 Å². The molecule has 0 saturated heterocycles. The summed E-state index contributed by atoms with van der Waals surface area (Å²) in [6.45, 7) is 2.18. The first-order chi connectivity index (χ1) is 10.5. The van der Waals surface area contributed by atoms with E-state index >= 15 is 0 Å². The molecule has 6 heteroatoms. The second kappa shape index (κ2) is 6.94. The van der Waals surface area contributed by atoms with E-state index in [-0.39, 0.29) is 11.4 Å². The molecule has 0 saturated carbocycles. The molecule has 0 fully saturated rings. The number of Topliss-reactive ketones (excluding diaryl/α,β-unsaturated/α-hetero) is 1.